The molecule has 0 radical (unpaired) electrons. The number of nitrogens with zero attached hydrogens (tertiary/aromatic N) is 2. The van der Waals surface area contributed by atoms with E-state index in [0.717, 1.165) is 30.3 Å². The highest BCUT2D eigenvalue weighted by molar-refractivity contribution is 14.0. The quantitative estimate of drug-likeness (QED) is 0.273. The minimum Gasteiger partial charge on any atom is -0.357 e. The molecule has 0 heterocycles. The van der Waals surface area contributed by atoms with Gasteiger partial charge in [-0.05, 0) is 58.8 Å². The van der Waals surface area contributed by atoms with E-state index in [9.17, 15) is 4.79 Å². The van der Waals surface area contributed by atoms with Gasteiger partial charge in [-0.2, -0.15) is 11.8 Å². The molecule has 154 valence electrons. The molecule has 27 heavy (non-hydrogen) atoms. The first-order valence-electron chi connectivity index (χ1n) is 8.86. The van der Waals surface area contributed by atoms with E-state index in [2.05, 4.69) is 48.0 Å². The van der Waals surface area contributed by atoms with Gasteiger partial charge in [0.05, 0.1) is 13.1 Å². The zero-order chi connectivity index (χ0) is 19.6. The molecule has 6 nitrogen and oxygen atoms in total. The molecule has 1 amide bonds. The number of halogens is 1. The average Bonchev–Trinajstić information content (AvgIpc) is 2.57. The topological polar surface area (TPSA) is 68.8 Å². The molecule has 3 N–H and O–H groups in total. The van der Waals surface area contributed by atoms with Gasteiger partial charge < -0.3 is 20.9 Å². The summed E-state index contributed by atoms with van der Waals surface area (Å²) in [4.78, 5) is 18.4. The van der Waals surface area contributed by atoms with E-state index in [1.54, 1.807) is 0 Å². The van der Waals surface area contributed by atoms with Crippen molar-refractivity contribution < 1.29 is 4.79 Å². The first-order chi connectivity index (χ1) is 12.3. The molecular formula is C19H34IN5OS. The summed E-state index contributed by atoms with van der Waals surface area (Å²) in [6, 6.07) is 7.81. The van der Waals surface area contributed by atoms with E-state index in [1.165, 1.54) is 0 Å². The van der Waals surface area contributed by atoms with Crippen molar-refractivity contribution in [2.75, 3.05) is 45.3 Å². The van der Waals surface area contributed by atoms with E-state index < -0.39 is 0 Å². The van der Waals surface area contributed by atoms with Crippen molar-refractivity contribution in [2.24, 2.45) is 4.99 Å². The molecule has 0 bridgehead atoms. The number of likely N-dealkylation sites (N-methyl/N-ethyl adjacent to an activating group) is 1. The molecule has 1 aromatic rings. The third-order valence-corrected chi connectivity index (χ3v) is 4.92. The van der Waals surface area contributed by atoms with Crippen LogP contribution in [0.15, 0.2) is 29.3 Å². The van der Waals surface area contributed by atoms with Crippen LogP contribution in [-0.4, -0.2) is 61.5 Å². The van der Waals surface area contributed by atoms with E-state index in [1.807, 2.05) is 55.0 Å². The predicted octanol–water partition coefficient (Wildman–Crippen LogP) is 3.00. The third-order valence-electron chi connectivity index (χ3n) is 3.67. The number of hydrogen-bond donors (Lipinski definition) is 3. The van der Waals surface area contributed by atoms with Crippen molar-refractivity contribution in [3.63, 3.8) is 0 Å². The van der Waals surface area contributed by atoms with Crippen LogP contribution in [0.25, 0.3) is 0 Å². The Labute approximate surface area is 185 Å². The summed E-state index contributed by atoms with van der Waals surface area (Å²) in [5.74, 6) is 0.779. The Morgan fingerprint density at radius 3 is 2.56 bits per heavy atom. The van der Waals surface area contributed by atoms with Crippen LogP contribution in [0, 0.1) is 0 Å². The second kappa shape index (κ2) is 13.2. The van der Waals surface area contributed by atoms with Crippen LogP contribution in [0.5, 0.6) is 0 Å². The van der Waals surface area contributed by atoms with Gasteiger partial charge in [0, 0.05) is 23.5 Å². The maximum Gasteiger partial charge on any atom is 0.238 e. The first kappa shape index (κ1) is 26.0. The Morgan fingerprint density at radius 2 is 1.96 bits per heavy atom. The minimum absolute atomic E-state index is 0. The van der Waals surface area contributed by atoms with Crippen molar-refractivity contribution in [3.05, 3.63) is 29.8 Å². The lowest BCUT2D eigenvalue weighted by Crippen LogP contribution is -2.43. The summed E-state index contributed by atoms with van der Waals surface area (Å²) in [6.07, 6.45) is 2.11. The third kappa shape index (κ3) is 11.4. The van der Waals surface area contributed by atoms with Gasteiger partial charge in [0.25, 0.3) is 0 Å². The molecular weight excluding hydrogens is 473 g/mol. The Kier molecular flexibility index (Phi) is 12.7. The highest BCUT2D eigenvalue weighted by Crippen LogP contribution is 2.19. The fraction of sp³-hybridized carbons (Fsp3) is 0.579. The van der Waals surface area contributed by atoms with Gasteiger partial charge in [-0.15, -0.1) is 24.0 Å². The Balaban J connectivity index is 0.00000676. The molecule has 1 rings (SSSR count). The summed E-state index contributed by atoms with van der Waals surface area (Å²) in [5.41, 5.74) is 1.85. The molecule has 0 spiro atoms. The Hall–Kier alpha value is -1.00. The maximum absolute atomic E-state index is 11.9. The molecule has 8 heteroatoms. The summed E-state index contributed by atoms with van der Waals surface area (Å²) in [6.45, 7) is 9.02. The van der Waals surface area contributed by atoms with Gasteiger partial charge in [0.1, 0.15) is 0 Å². The number of thioether (sulfide) groups is 1. The van der Waals surface area contributed by atoms with Crippen LogP contribution < -0.4 is 16.0 Å². The van der Waals surface area contributed by atoms with Gasteiger partial charge in [0.15, 0.2) is 5.96 Å². The monoisotopic (exact) mass is 507 g/mol. The van der Waals surface area contributed by atoms with Crippen molar-refractivity contribution >= 4 is 53.3 Å². The lowest BCUT2D eigenvalue weighted by Gasteiger charge is -2.23. The summed E-state index contributed by atoms with van der Waals surface area (Å²) in [5, 5.41) is 9.58. The maximum atomic E-state index is 11.9. The van der Waals surface area contributed by atoms with Gasteiger partial charge in [-0.25, -0.2) is 4.99 Å². The largest absolute Gasteiger partial charge is 0.357 e. The molecule has 0 aliphatic rings. The molecule has 1 aromatic carbocycles. The van der Waals surface area contributed by atoms with Gasteiger partial charge >= 0.3 is 0 Å². The van der Waals surface area contributed by atoms with Crippen molar-refractivity contribution in [2.45, 2.75) is 32.1 Å². The number of hydrogen-bond acceptors (Lipinski definition) is 4. The molecule has 0 saturated carbocycles. The van der Waals surface area contributed by atoms with Crippen LogP contribution >= 0.6 is 35.7 Å². The molecule has 0 aliphatic heterocycles. The second-order valence-corrected chi connectivity index (χ2v) is 8.51. The van der Waals surface area contributed by atoms with Crippen LogP contribution in [0.2, 0.25) is 0 Å². The average molecular weight is 507 g/mol. The number of amides is 1. The lowest BCUT2D eigenvalue weighted by molar-refractivity contribution is -0.116. The molecule has 0 saturated heterocycles. The highest BCUT2D eigenvalue weighted by Gasteiger charge is 2.16. The molecule has 0 fully saturated rings. The van der Waals surface area contributed by atoms with Crippen molar-refractivity contribution in [1.29, 1.82) is 0 Å². The van der Waals surface area contributed by atoms with Crippen LogP contribution in [0.4, 0.5) is 5.69 Å². The molecule has 0 aliphatic carbocycles. The standard InChI is InChI=1S/C19H33N5OS.HI/c1-7-20-18(22-14-19(2,3)26-6)21-12-15-9-8-10-16(11-15)23-17(25)13-24(4)5;/h8-11H,7,12-14H2,1-6H3,(H,23,25)(H2,20,21,22);1H. The van der Waals surface area contributed by atoms with Crippen LogP contribution in [-0.2, 0) is 11.3 Å². The summed E-state index contributed by atoms with van der Waals surface area (Å²) in [7, 11) is 3.75. The van der Waals surface area contributed by atoms with Crippen LogP contribution in [0.1, 0.15) is 26.3 Å². The van der Waals surface area contributed by atoms with E-state index in [4.69, 9.17) is 0 Å². The number of carbonyl (C=O) groups is 1. The Morgan fingerprint density at radius 1 is 1.26 bits per heavy atom. The van der Waals surface area contributed by atoms with Gasteiger partial charge in [-0.1, -0.05) is 12.1 Å². The first-order valence-corrected chi connectivity index (χ1v) is 10.1. The number of guanidine groups is 1. The smallest absolute Gasteiger partial charge is 0.238 e. The Bertz CT molecular complexity index is 608. The lowest BCUT2D eigenvalue weighted by atomic mass is 10.2. The summed E-state index contributed by atoms with van der Waals surface area (Å²) < 4.78 is 0.146. The molecule has 0 aromatic heterocycles. The molecule has 0 atom stereocenters. The van der Waals surface area contributed by atoms with Crippen molar-refractivity contribution in [1.82, 2.24) is 15.5 Å². The normalized spacial score (nSPS) is 11.7. The zero-order valence-corrected chi connectivity index (χ0v) is 20.4. The predicted molar refractivity (Wildman–Crippen MR) is 129 cm³/mol. The highest BCUT2D eigenvalue weighted by atomic mass is 127. The van der Waals surface area contributed by atoms with E-state index in [0.29, 0.717) is 13.1 Å². The number of nitrogens with one attached hydrogen (secondary N) is 3. The second-order valence-electron chi connectivity index (χ2n) is 7.00. The van der Waals surface area contributed by atoms with E-state index >= 15 is 0 Å². The minimum atomic E-state index is -0.0232. The number of anilines is 1. The van der Waals surface area contributed by atoms with Crippen molar-refractivity contribution in [3.8, 4) is 0 Å². The SMILES string of the molecule is CCNC(=NCc1cccc(NC(=O)CN(C)C)c1)NCC(C)(C)SC.I. The number of carbonyl (C=O) groups excluding carboxylic acids is 1. The number of benzene rings is 1. The zero-order valence-electron chi connectivity index (χ0n) is 17.3. The summed E-state index contributed by atoms with van der Waals surface area (Å²) >= 11 is 1.82. The van der Waals surface area contributed by atoms with Gasteiger partial charge in [-0.3, -0.25) is 4.79 Å². The fourth-order valence-electron chi connectivity index (χ4n) is 2.12. The van der Waals surface area contributed by atoms with Gasteiger partial charge in [0.2, 0.25) is 5.91 Å². The van der Waals surface area contributed by atoms with Crippen LogP contribution in [0.3, 0.4) is 0 Å². The van der Waals surface area contributed by atoms with E-state index in [-0.39, 0.29) is 34.6 Å². The number of rotatable bonds is 9. The number of aliphatic imine (C=N–C) groups is 1. The fourth-order valence-corrected chi connectivity index (χ4v) is 2.33. The molecule has 0 unspecified atom stereocenters.